The molecule has 0 aromatic heterocycles. The van der Waals surface area contributed by atoms with Crippen molar-refractivity contribution in [1.29, 1.82) is 0 Å². The van der Waals surface area contributed by atoms with E-state index in [0.29, 0.717) is 5.92 Å². The van der Waals surface area contributed by atoms with Crippen LogP contribution in [0.4, 0.5) is 0 Å². The van der Waals surface area contributed by atoms with Gasteiger partial charge in [0.05, 0.1) is 5.41 Å². The van der Waals surface area contributed by atoms with Gasteiger partial charge in [-0.3, -0.25) is 4.79 Å². The second-order valence-electron chi connectivity index (χ2n) is 9.39. The highest BCUT2D eigenvalue weighted by Crippen LogP contribution is 2.51. The molecule has 1 aliphatic rings. The Balaban J connectivity index is 1.53. The summed E-state index contributed by atoms with van der Waals surface area (Å²) in [7, 11) is 0. The fourth-order valence-corrected chi connectivity index (χ4v) is 5.29. The van der Waals surface area contributed by atoms with Crippen LogP contribution < -0.4 is 5.73 Å². The van der Waals surface area contributed by atoms with Crippen LogP contribution in [0.1, 0.15) is 43.4 Å². The van der Waals surface area contributed by atoms with Crippen LogP contribution in [0.25, 0.3) is 11.1 Å². The lowest BCUT2D eigenvalue weighted by molar-refractivity contribution is -0.122. The minimum atomic E-state index is -0.740. The number of carbonyl (C=O) groups is 1. The summed E-state index contributed by atoms with van der Waals surface area (Å²) in [6.07, 6.45) is 2.70. The fraction of sp³-hybridized carbons (Fsp3) is 0.345. The smallest absolute Gasteiger partial charge is 0.232 e. The molecule has 0 fully saturated rings. The Morgan fingerprint density at radius 2 is 1.41 bits per heavy atom. The lowest BCUT2D eigenvalue weighted by Gasteiger charge is -2.31. The molecule has 3 nitrogen and oxygen atoms in total. The molecule has 32 heavy (non-hydrogen) atoms. The number of hydrogen-bond donors (Lipinski definition) is 1. The summed E-state index contributed by atoms with van der Waals surface area (Å²) in [6, 6.07) is 27.2. The van der Waals surface area contributed by atoms with E-state index >= 15 is 0 Å². The summed E-state index contributed by atoms with van der Waals surface area (Å²) in [5.41, 5.74) is 11.2. The zero-order chi connectivity index (χ0) is 22.6. The summed E-state index contributed by atoms with van der Waals surface area (Å²) in [6.45, 7) is 7.58. The average molecular weight is 427 g/mol. The van der Waals surface area contributed by atoms with Crippen molar-refractivity contribution in [2.75, 3.05) is 19.6 Å². The third-order valence-electron chi connectivity index (χ3n) is 6.69. The van der Waals surface area contributed by atoms with Crippen LogP contribution in [0.3, 0.4) is 0 Å². The second-order valence-corrected chi connectivity index (χ2v) is 9.39. The summed E-state index contributed by atoms with van der Waals surface area (Å²) in [5.74, 6) is 0.360. The Bertz CT molecular complexity index is 1010. The summed E-state index contributed by atoms with van der Waals surface area (Å²) >= 11 is 0. The van der Waals surface area contributed by atoms with Gasteiger partial charge in [-0.15, -0.1) is 0 Å². The van der Waals surface area contributed by atoms with Crippen LogP contribution in [0.5, 0.6) is 0 Å². The van der Waals surface area contributed by atoms with Gasteiger partial charge >= 0.3 is 0 Å². The maximum absolute atomic E-state index is 13.0. The zero-order valence-electron chi connectivity index (χ0n) is 19.3. The molecule has 3 heteroatoms. The number of carbonyl (C=O) groups excluding carboxylic acids is 1. The molecule has 0 bridgehead atoms. The number of rotatable bonds is 10. The Kier molecular flexibility index (Phi) is 6.76. The average Bonchev–Trinajstić information content (AvgIpc) is 3.09. The molecular weight excluding hydrogens is 392 g/mol. The number of primary amides is 1. The molecule has 0 saturated carbocycles. The van der Waals surface area contributed by atoms with Crippen molar-refractivity contribution >= 4 is 5.91 Å². The first-order valence-corrected chi connectivity index (χ1v) is 11.8. The van der Waals surface area contributed by atoms with Gasteiger partial charge in [0.2, 0.25) is 5.91 Å². The van der Waals surface area contributed by atoms with Crippen molar-refractivity contribution < 1.29 is 4.79 Å². The molecule has 3 aromatic carbocycles. The molecule has 0 aliphatic heterocycles. The number of benzene rings is 3. The first-order valence-electron chi connectivity index (χ1n) is 11.8. The molecule has 0 saturated heterocycles. The van der Waals surface area contributed by atoms with Gasteiger partial charge in [-0.2, -0.15) is 0 Å². The Morgan fingerprint density at radius 1 is 0.844 bits per heavy atom. The van der Waals surface area contributed by atoms with Gasteiger partial charge in [-0.1, -0.05) is 92.7 Å². The van der Waals surface area contributed by atoms with Gasteiger partial charge < -0.3 is 10.6 Å². The normalized spacial score (nSPS) is 13.9. The van der Waals surface area contributed by atoms with Crippen molar-refractivity contribution in [3.05, 3.63) is 95.6 Å². The van der Waals surface area contributed by atoms with Gasteiger partial charge in [-0.25, -0.2) is 0 Å². The zero-order valence-corrected chi connectivity index (χ0v) is 19.3. The van der Waals surface area contributed by atoms with E-state index in [9.17, 15) is 4.79 Å². The molecule has 2 N–H and O–H groups in total. The van der Waals surface area contributed by atoms with Gasteiger partial charge in [0.15, 0.2) is 0 Å². The van der Waals surface area contributed by atoms with Crippen molar-refractivity contribution in [3.8, 4) is 11.1 Å². The molecular formula is C29H34N2O. The van der Waals surface area contributed by atoms with Crippen molar-refractivity contribution in [2.24, 2.45) is 11.7 Å². The van der Waals surface area contributed by atoms with Crippen molar-refractivity contribution in [3.63, 3.8) is 0 Å². The van der Waals surface area contributed by atoms with E-state index in [1.165, 1.54) is 5.56 Å². The lowest BCUT2D eigenvalue weighted by atomic mass is 9.74. The number of hydrogen-bond acceptors (Lipinski definition) is 2. The van der Waals surface area contributed by atoms with E-state index in [0.717, 1.165) is 61.2 Å². The van der Waals surface area contributed by atoms with E-state index in [2.05, 4.69) is 73.3 Å². The molecule has 1 amide bonds. The highest BCUT2D eigenvalue weighted by molar-refractivity contribution is 5.99. The second kappa shape index (κ2) is 9.70. The van der Waals surface area contributed by atoms with E-state index in [1.54, 1.807) is 0 Å². The first kappa shape index (κ1) is 22.3. The lowest BCUT2D eigenvalue weighted by Crippen LogP contribution is -2.41. The predicted octanol–water partition coefficient (Wildman–Crippen LogP) is 5.42. The molecule has 166 valence electrons. The standard InChI is InChI=1S/C29H34N2O/c1-22(2)21-31(20-17-23-11-4-3-5-12-23)19-10-18-29(28(30)32)26-15-8-6-13-24(26)25-14-7-9-16-27(25)29/h3-9,11-16,22H,10,17-21H2,1-2H3,(H2,30,32). The summed E-state index contributed by atoms with van der Waals surface area (Å²) in [4.78, 5) is 15.6. The van der Waals surface area contributed by atoms with E-state index in [4.69, 9.17) is 5.73 Å². The predicted molar refractivity (Wildman–Crippen MR) is 133 cm³/mol. The van der Waals surface area contributed by atoms with Gasteiger partial charge in [0.1, 0.15) is 0 Å². The molecule has 1 aliphatic carbocycles. The number of nitrogens with two attached hydrogens (primary N) is 1. The topological polar surface area (TPSA) is 46.3 Å². The van der Waals surface area contributed by atoms with Gasteiger partial charge in [0.25, 0.3) is 0 Å². The highest BCUT2D eigenvalue weighted by atomic mass is 16.1. The monoisotopic (exact) mass is 426 g/mol. The Morgan fingerprint density at radius 3 is 1.97 bits per heavy atom. The van der Waals surface area contributed by atoms with Crippen LogP contribution in [0.15, 0.2) is 78.9 Å². The minimum Gasteiger partial charge on any atom is -0.369 e. The van der Waals surface area contributed by atoms with Crippen molar-refractivity contribution in [1.82, 2.24) is 4.90 Å². The molecule has 3 aromatic rings. The first-order chi connectivity index (χ1) is 15.5. The van der Waals surface area contributed by atoms with Gasteiger partial charge in [-0.05, 0) is 59.5 Å². The Labute approximate surface area is 192 Å². The van der Waals surface area contributed by atoms with Crippen LogP contribution in [-0.2, 0) is 16.6 Å². The Hall–Kier alpha value is -2.91. The van der Waals surface area contributed by atoms with E-state index < -0.39 is 5.41 Å². The van der Waals surface area contributed by atoms with Crippen LogP contribution in [-0.4, -0.2) is 30.4 Å². The maximum Gasteiger partial charge on any atom is 0.232 e. The van der Waals surface area contributed by atoms with Crippen LogP contribution in [0.2, 0.25) is 0 Å². The molecule has 4 rings (SSSR count). The largest absolute Gasteiger partial charge is 0.369 e. The third-order valence-corrected chi connectivity index (χ3v) is 6.69. The SMILES string of the molecule is CC(C)CN(CCCC1(C(N)=O)c2ccccc2-c2ccccc21)CCc1ccccc1. The summed E-state index contributed by atoms with van der Waals surface area (Å²) < 4.78 is 0. The number of amides is 1. The fourth-order valence-electron chi connectivity index (χ4n) is 5.29. The van der Waals surface area contributed by atoms with Crippen LogP contribution in [0, 0.1) is 5.92 Å². The molecule has 0 atom stereocenters. The van der Waals surface area contributed by atoms with Crippen LogP contribution >= 0.6 is 0 Å². The number of nitrogens with zero attached hydrogens (tertiary/aromatic N) is 1. The van der Waals surface area contributed by atoms with Gasteiger partial charge in [0, 0.05) is 13.1 Å². The third kappa shape index (κ3) is 4.35. The van der Waals surface area contributed by atoms with E-state index in [-0.39, 0.29) is 5.91 Å². The highest BCUT2D eigenvalue weighted by Gasteiger charge is 2.47. The quantitative estimate of drug-likeness (QED) is 0.470. The molecule has 0 unspecified atom stereocenters. The molecule has 0 spiro atoms. The molecule has 0 radical (unpaired) electrons. The minimum absolute atomic E-state index is 0.241. The number of fused-ring (bicyclic) bond motifs is 3. The molecule has 0 heterocycles. The maximum atomic E-state index is 13.0. The van der Waals surface area contributed by atoms with Crippen molar-refractivity contribution in [2.45, 2.75) is 38.5 Å². The van der Waals surface area contributed by atoms with E-state index in [1.807, 2.05) is 24.3 Å². The summed E-state index contributed by atoms with van der Waals surface area (Å²) in [5, 5.41) is 0.